The summed E-state index contributed by atoms with van der Waals surface area (Å²) in [7, 11) is 0. The number of alkyl halides is 1. The van der Waals surface area contributed by atoms with Crippen LogP contribution in [0.3, 0.4) is 0 Å². The summed E-state index contributed by atoms with van der Waals surface area (Å²) < 4.78 is 0. The van der Waals surface area contributed by atoms with Gasteiger partial charge in [-0.25, -0.2) is 0 Å². The first kappa shape index (κ1) is 20.8. The van der Waals surface area contributed by atoms with Gasteiger partial charge in [-0.05, 0) is 25.1 Å². The third-order valence-electron chi connectivity index (χ3n) is 4.71. The summed E-state index contributed by atoms with van der Waals surface area (Å²) in [6.07, 6.45) is 28.8. The molecule has 0 saturated heterocycles. The van der Waals surface area contributed by atoms with E-state index in [0.717, 1.165) is 6.54 Å². The van der Waals surface area contributed by atoms with Crippen molar-refractivity contribution in [3.63, 3.8) is 0 Å². The van der Waals surface area contributed by atoms with E-state index in [1.54, 1.807) is 0 Å². The van der Waals surface area contributed by atoms with Crippen molar-refractivity contribution in [2.75, 3.05) is 18.4 Å². The van der Waals surface area contributed by atoms with Crippen LogP contribution >= 0.6 is 15.9 Å². The van der Waals surface area contributed by atoms with Gasteiger partial charge in [-0.15, -0.1) is 0 Å². The average Bonchev–Trinajstić information content (AvgIpc) is 2.59. The Morgan fingerprint density at radius 3 is 1.52 bits per heavy atom. The lowest BCUT2D eigenvalue weighted by Crippen LogP contribution is -2.19. The van der Waals surface area contributed by atoms with Crippen LogP contribution in [0, 0.1) is 0 Å². The number of allylic oxidation sites excluding steroid dienone is 2. The Morgan fingerprint density at radius 2 is 1.09 bits per heavy atom. The van der Waals surface area contributed by atoms with Gasteiger partial charge in [-0.2, -0.15) is 0 Å². The van der Waals surface area contributed by atoms with Crippen LogP contribution in [0.4, 0.5) is 0 Å². The first-order chi connectivity index (χ1) is 11.4. The summed E-state index contributed by atoms with van der Waals surface area (Å²) in [6, 6.07) is 0. The van der Waals surface area contributed by atoms with Crippen LogP contribution in [0.2, 0.25) is 0 Å². The van der Waals surface area contributed by atoms with Crippen molar-refractivity contribution in [2.45, 2.75) is 89.9 Å². The molecule has 0 N–H and O–H groups in total. The second kappa shape index (κ2) is 16.6. The van der Waals surface area contributed by atoms with E-state index < -0.39 is 0 Å². The molecule has 0 aromatic carbocycles. The molecule has 0 unspecified atom stereocenters. The molecule has 1 aliphatic heterocycles. The van der Waals surface area contributed by atoms with Gasteiger partial charge in [0.2, 0.25) is 0 Å². The van der Waals surface area contributed by atoms with Gasteiger partial charge in [-0.1, -0.05) is 105 Å². The zero-order chi connectivity index (χ0) is 16.4. The highest BCUT2D eigenvalue weighted by atomic mass is 79.9. The third-order valence-corrected chi connectivity index (χ3v) is 5.27. The van der Waals surface area contributed by atoms with E-state index in [4.69, 9.17) is 0 Å². The smallest absolute Gasteiger partial charge is 0.0357 e. The van der Waals surface area contributed by atoms with Crippen LogP contribution in [0.15, 0.2) is 24.4 Å². The summed E-state index contributed by atoms with van der Waals surface area (Å²) in [4.78, 5) is 2.42. The number of unbranched alkanes of at least 4 members (excludes halogenated alkanes) is 13. The van der Waals surface area contributed by atoms with Gasteiger partial charge < -0.3 is 4.90 Å². The van der Waals surface area contributed by atoms with Gasteiger partial charge in [0.25, 0.3) is 0 Å². The number of hydrogen-bond donors (Lipinski definition) is 0. The lowest BCUT2D eigenvalue weighted by Gasteiger charge is -2.20. The first-order valence-corrected chi connectivity index (χ1v) is 11.2. The van der Waals surface area contributed by atoms with E-state index in [1.807, 2.05) is 0 Å². The van der Waals surface area contributed by atoms with Gasteiger partial charge in [0, 0.05) is 18.4 Å². The fraction of sp³-hybridized carbons (Fsp3) is 0.810. The highest BCUT2D eigenvalue weighted by molar-refractivity contribution is 9.09. The Labute approximate surface area is 153 Å². The maximum atomic E-state index is 3.50. The first-order valence-electron chi connectivity index (χ1n) is 10.1. The van der Waals surface area contributed by atoms with Crippen LogP contribution in [0.5, 0.6) is 0 Å². The summed E-state index contributed by atoms with van der Waals surface area (Å²) in [5.74, 6) is 0. The zero-order valence-corrected chi connectivity index (χ0v) is 16.7. The normalized spacial score (nSPS) is 13.9. The Morgan fingerprint density at radius 1 is 0.609 bits per heavy atom. The molecule has 2 heteroatoms. The summed E-state index contributed by atoms with van der Waals surface area (Å²) in [5, 5.41) is 1.18. The molecule has 1 nitrogen and oxygen atoms in total. The second-order valence-electron chi connectivity index (χ2n) is 6.90. The monoisotopic (exact) mass is 383 g/mol. The number of hydrogen-bond acceptors (Lipinski definition) is 1. The lowest BCUT2D eigenvalue weighted by molar-refractivity contribution is 0.392. The predicted molar refractivity (Wildman–Crippen MR) is 108 cm³/mol. The van der Waals surface area contributed by atoms with Gasteiger partial charge in [0.1, 0.15) is 0 Å². The molecule has 23 heavy (non-hydrogen) atoms. The van der Waals surface area contributed by atoms with E-state index in [0.29, 0.717) is 0 Å². The van der Waals surface area contributed by atoms with E-state index in [9.17, 15) is 0 Å². The highest BCUT2D eigenvalue weighted by Crippen LogP contribution is 2.13. The number of halogens is 1. The summed E-state index contributed by atoms with van der Waals surface area (Å²) in [6.45, 7) is 2.34. The molecule has 0 fully saturated rings. The maximum Gasteiger partial charge on any atom is 0.0357 e. The lowest BCUT2D eigenvalue weighted by atomic mass is 10.0. The second-order valence-corrected chi connectivity index (χ2v) is 7.70. The SMILES string of the molecule is BrCCCCCCCCCCCCCCCCN1C=CC=CC1. The van der Waals surface area contributed by atoms with Gasteiger partial charge >= 0.3 is 0 Å². The summed E-state index contributed by atoms with van der Waals surface area (Å²) >= 11 is 3.50. The topological polar surface area (TPSA) is 3.24 Å². The maximum absolute atomic E-state index is 3.50. The number of rotatable bonds is 16. The molecule has 0 radical (unpaired) electrons. The molecule has 0 bridgehead atoms. The Balaban J connectivity index is 1.68. The molecule has 134 valence electrons. The minimum Gasteiger partial charge on any atom is -0.374 e. The molecule has 0 aromatic heterocycles. The molecule has 0 spiro atoms. The Bertz CT molecular complexity index is 298. The molecule has 0 aliphatic carbocycles. The quantitative estimate of drug-likeness (QED) is 0.200. The van der Waals surface area contributed by atoms with E-state index >= 15 is 0 Å². The zero-order valence-electron chi connectivity index (χ0n) is 15.2. The van der Waals surface area contributed by atoms with Crippen LogP contribution in [0.1, 0.15) is 89.9 Å². The fourth-order valence-electron chi connectivity index (χ4n) is 3.20. The molecule has 1 heterocycles. The number of nitrogens with zero attached hydrogens (tertiary/aromatic N) is 1. The van der Waals surface area contributed by atoms with E-state index in [2.05, 4.69) is 45.3 Å². The summed E-state index contributed by atoms with van der Waals surface area (Å²) in [5.41, 5.74) is 0. The Hall–Kier alpha value is -0.240. The Kier molecular flexibility index (Phi) is 15.0. The van der Waals surface area contributed by atoms with Crippen molar-refractivity contribution in [1.29, 1.82) is 0 Å². The minimum absolute atomic E-state index is 1.10. The van der Waals surface area contributed by atoms with Crippen LogP contribution < -0.4 is 0 Å². The molecule has 0 amide bonds. The standard InChI is InChI=1S/C21H38BrN/c22-18-14-11-9-7-5-3-1-2-4-6-8-10-12-15-19-23-20-16-13-17-21-23/h13,16-17,20H,1-12,14-15,18-19,21H2. The molecule has 1 aliphatic rings. The molecular formula is C21H38BrN. The molecule has 0 saturated carbocycles. The molecule has 1 rings (SSSR count). The van der Waals surface area contributed by atoms with Gasteiger partial charge in [0.05, 0.1) is 0 Å². The van der Waals surface area contributed by atoms with Crippen molar-refractivity contribution in [2.24, 2.45) is 0 Å². The van der Waals surface area contributed by atoms with E-state index in [1.165, 1.54) is 102 Å². The molecular weight excluding hydrogens is 346 g/mol. The van der Waals surface area contributed by atoms with Gasteiger partial charge in [0.15, 0.2) is 0 Å². The largest absolute Gasteiger partial charge is 0.374 e. The van der Waals surface area contributed by atoms with Crippen LogP contribution in [-0.2, 0) is 0 Å². The van der Waals surface area contributed by atoms with Crippen molar-refractivity contribution in [3.8, 4) is 0 Å². The molecule has 0 atom stereocenters. The van der Waals surface area contributed by atoms with Gasteiger partial charge in [-0.3, -0.25) is 0 Å². The third kappa shape index (κ3) is 13.9. The average molecular weight is 384 g/mol. The molecule has 0 aromatic rings. The van der Waals surface area contributed by atoms with Crippen molar-refractivity contribution in [3.05, 3.63) is 24.4 Å². The van der Waals surface area contributed by atoms with Crippen LogP contribution in [0.25, 0.3) is 0 Å². The van der Waals surface area contributed by atoms with Crippen molar-refractivity contribution >= 4 is 15.9 Å². The predicted octanol–water partition coefficient (Wildman–Crippen LogP) is 7.23. The van der Waals surface area contributed by atoms with Crippen LogP contribution in [-0.4, -0.2) is 23.3 Å². The minimum atomic E-state index is 1.10. The van der Waals surface area contributed by atoms with Crippen molar-refractivity contribution in [1.82, 2.24) is 4.90 Å². The highest BCUT2D eigenvalue weighted by Gasteiger charge is 1.99. The fourth-order valence-corrected chi connectivity index (χ4v) is 3.60. The van der Waals surface area contributed by atoms with Crippen molar-refractivity contribution < 1.29 is 0 Å². The van der Waals surface area contributed by atoms with E-state index in [-0.39, 0.29) is 0 Å².